The monoisotopic (exact) mass is 330 g/mol. The fourth-order valence-corrected chi connectivity index (χ4v) is 1.68. The van der Waals surface area contributed by atoms with Crippen molar-refractivity contribution in [2.24, 2.45) is 5.92 Å². The molecule has 0 atom stereocenters. The number of hydrogen-bond donors (Lipinski definition) is 0. The molecule has 134 valence electrons. The van der Waals surface area contributed by atoms with Gasteiger partial charge in [-0.05, 0) is 41.5 Å². The van der Waals surface area contributed by atoms with E-state index in [1.807, 2.05) is 0 Å². The molecule has 2 amide bonds. The second-order valence-electron chi connectivity index (χ2n) is 7.62. The molecule has 0 radical (unpaired) electrons. The Kier molecular flexibility index (Phi) is 7.54. The van der Waals surface area contributed by atoms with Gasteiger partial charge in [-0.2, -0.15) is 0 Å². The highest BCUT2D eigenvalue weighted by Gasteiger charge is 2.25. The summed E-state index contributed by atoms with van der Waals surface area (Å²) in [5.74, 6) is -0.523. The standard InChI is InChI=1S/C16H30N2O5/c1-15(2,3)22-13(20)17(7)9-12(11-19)10-18(8)14(21)23-16(4,5)6/h11-12H,9-10H2,1-8H3. The Hall–Kier alpha value is -1.79. The van der Waals surface area contributed by atoms with Gasteiger partial charge >= 0.3 is 12.2 Å². The zero-order valence-electron chi connectivity index (χ0n) is 15.5. The van der Waals surface area contributed by atoms with Gasteiger partial charge in [0, 0.05) is 27.2 Å². The zero-order chi connectivity index (χ0) is 18.4. The topological polar surface area (TPSA) is 76.2 Å². The van der Waals surface area contributed by atoms with Crippen LogP contribution in [0.15, 0.2) is 0 Å². The van der Waals surface area contributed by atoms with Crippen LogP contribution in [0.4, 0.5) is 9.59 Å². The van der Waals surface area contributed by atoms with E-state index in [4.69, 9.17) is 9.47 Å². The molecule has 7 heteroatoms. The summed E-state index contributed by atoms with van der Waals surface area (Å²) in [5.41, 5.74) is -1.20. The van der Waals surface area contributed by atoms with E-state index in [-0.39, 0.29) is 13.1 Å². The van der Waals surface area contributed by atoms with Crippen LogP contribution in [-0.4, -0.2) is 66.7 Å². The maximum atomic E-state index is 11.9. The van der Waals surface area contributed by atoms with Crippen LogP contribution >= 0.6 is 0 Å². The highest BCUT2D eigenvalue weighted by molar-refractivity contribution is 5.70. The molecule has 0 aromatic heterocycles. The number of hydrogen-bond acceptors (Lipinski definition) is 5. The fourth-order valence-electron chi connectivity index (χ4n) is 1.68. The smallest absolute Gasteiger partial charge is 0.410 e. The molecule has 0 aliphatic heterocycles. The Morgan fingerprint density at radius 3 is 1.39 bits per heavy atom. The van der Waals surface area contributed by atoms with E-state index in [1.54, 1.807) is 55.6 Å². The molecule has 0 unspecified atom stereocenters. The molecule has 0 fully saturated rings. The Morgan fingerprint density at radius 1 is 0.870 bits per heavy atom. The molecular formula is C16H30N2O5. The average Bonchev–Trinajstić information content (AvgIpc) is 2.33. The third-order valence-electron chi connectivity index (χ3n) is 2.62. The lowest BCUT2D eigenvalue weighted by Crippen LogP contribution is -2.42. The van der Waals surface area contributed by atoms with E-state index < -0.39 is 29.3 Å². The van der Waals surface area contributed by atoms with Crippen molar-refractivity contribution in [1.29, 1.82) is 0 Å². The van der Waals surface area contributed by atoms with Crippen molar-refractivity contribution in [1.82, 2.24) is 9.80 Å². The summed E-state index contributed by atoms with van der Waals surface area (Å²) in [6.07, 6.45) is -0.296. The number of rotatable bonds is 5. The first-order valence-electron chi connectivity index (χ1n) is 7.58. The minimum Gasteiger partial charge on any atom is -0.444 e. The average molecular weight is 330 g/mol. The Labute approximate surface area is 138 Å². The minimum absolute atomic E-state index is 0.158. The van der Waals surface area contributed by atoms with Crippen molar-refractivity contribution >= 4 is 18.5 Å². The van der Waals surface area contributed by atoms with Crippen molar-refractivity contribution in [3.8, 4) is 0 Å². The van der Waals surface area contributed by atoms with Gasteiger partial charge in [-0.1, -0.05) is 0 Å². The fraction of sp³-hybridized carbons (Fsp3) is 0.812. The van der Waals surface area contributed by atoms with Gasteiger partial charge in [-0.25, -0.2) is 9.59 Å². The lowest BCUT2D eigenvalue weighted by molar-refractivity contribution is -0.111. The van der Waals surface area contributed by atoms with Gasteiger partial charge in [0.25, 0.3) is 0 Å². The van der Waals surface area contributed by atoms with Crippen LogP contribution in [0, 0.1) is 5.92 Å². The summed E-state index contributed by atoms with van der Waals surface area (Å²) >= 11 is 0. The number of nitrogens with zero attached hydrogens (tertiary/aromatic N) is 2. The van der Waals surface area contributed by atoms with Gasteiger partial charge in [0.1, 0.15) is 17.5 Å². The lowest BCUT2D eigenvalue weighted by Gasteiger charge is -2.28. The van der Waals surface area contributed by atoms with Gasteiger partial charge in [0.2, 0.25) is 0 Å². The van der Waals surface area contributed by atoms with Crippen LogP contribution < -0.4 is 0 Å². The van der Waals surface area contributed by atoms with Gasteiger partial charge in [-0.15, -0.1) is 0 Å². The second kappa shape index (κ2) is 8.17. The molecule has 0 saturated carbocycles. The third-order valence-corrected chi connectivity index (χ3v) is 2.62. The molecule has 0 bridgehead atoms. The molecule has 0 rings (SSSR count). The first-order valence-corrected chi connectivity index (χ1v) is 7.58. The van der Waals surface area contributed by atoms with Crippen molar-refractivity contribution in [2.45, 2.75) is 52.7 Å². The molecule has 0 aromatic carbocycles. The van der Waals surface area contributed by atoms with E-state index >= 15 is 0 Å². The van der Waals surface area contributed by atoms with Crippen LogP contribution in [0.2, 0.25) is 0 Å². The van der Waals surface area contributed by atoms with Gasteiger partial charge in [0.15, 0.2) is 0 Å². The Morgan fingerprint density at radius 2 is 1.17 bits per heavy atom. The quantitative estimate of drug-likeness (QED) is 0.724. The van der Waals surface area contributed by atoms with E-state index in [2.05, 4.69) is 0 Å². The zero-order valence-corrected chi connectivity index (χ0v) is 15.5. The van der Waals surface area contributed by atoms with Gasteiger partial charge in [0.05, 0.1) is 5.92 Å². The van der Waals surface area contributed by atoms with E-state index in [0.717, 1.165) is 6.29 Å². The summed E-state index contributed by atoms with van der Waals surface area (Å²) in [5, 5.41) is 0. The largest absolute Gasteiger partial charge is 0.444 e. The van der Waals surface area contributed by atoms with E-state index in [9.17, 15) is 14.4 Å². The highest BCUT2D eigenvalue weighted by atomic mass is 16.6. The predicted octanol–water partition coefficient (Wildman–Crippen LogP) is 2.54. The molecule has 0 spiro atoms. The van der Waals surface area contributed by atoms with Crippen molar-refractivity contribution in [3.05, 3.63) is 0 Å². The summed E-state index contributed by atoms with van der Waals surface area (Å²) in [7, 11) is 3.11. The van der Waals surface area contributed by atoms with E-state index in [1.165, 1.54) is 9.80 Å². The number of carbonyl (C=O) groups excluding carboxylic acids is 3. The molecule has 23 heavy (non-hydrogen) atoms. The molecule has 0 saturated heterocycles. The first kappa shape index (κ1) is 21.2. The van der Waals surface area contributed by atoms with Crippen molar-refractivity contribution in [3.63, 3.8) is 0 Å². The number of carbonyl (C=O) groups is 3. The van der Waals surface area contributed by atoms with Gasteiger partial charge < -0.3 is 24.1 Å². The van der Waals surface area contributed by atoms with Gasteiger partial charge in [-0.3, -0.25) is 0 Å². The van der Waals surface area contributed by atoms with Crippen molar-refractivity contribution in [2.75, 3.05) is 27.2 Å². The summed E-state index contributed by atoms with van der Waals surface area (Å²) in [6, 6.07) is 0. The molecular weight excluding hydrogens is 300 g/mol. The minimum atomic E-state index is -0.602. The van der Waals surface area contributed by atoms with Crippen LogP contribution in [0.25, 0.3) is 0 Å². The third kappa shape index (κ3) is 9.76. The number of ether oxygens (including phenoxy) is 2. The Bertz CT molecular complexity index is 387. The summed E-state index contributed by atoms with van der Waals surface area (Å²) < 4.78 is 10.5. The maximum Gasteiger partial charge on any atom is 0.410 e. The van der Waals surface area contributed by atoms with Crippen LogP contribution in [0.1, 0.15) is 41.5 Å². The Balaban J connectivity index is 4.58. The maximum absolute atomic E-state index is 11.9. The van der Waals surface area contributed by atoms with Crippen molar-refractivity contribution < 1.29 is 23.9 Å². The number of aldehydes is 1. The van der Waals surface area contributed by atoms with Crippen LogP contribution in [0.5, 0.6) is 0 Å². The highest BCUT2D eigenvalue weighted by Crippen LogP contribution is 2.12. The normalized spacial score (nSPS) is 11.9. The second-order valence-corrected chi connectivity index (χ2v) is 7.62. The number of amides is 2. The molecule has 0 N–H and O–H groups in total. The predicted molar refractivity (Wildman–Crippen MR) is 87.3 cm³/mol. The van der Waals surface area contributed by atoms with E-state index in [0.29, 0.717) is 0 Å². The lowest BCUT2D eigenvalue weighted by atomic mass is 10.1. The summed E-state index contributed by atoms with van der Waals surface area (Å²) in [6.45, 7) is 10.9. The molecule has 0 aromatic rings. The molecule has 7 nitrogen and oxygen atoms in total. The van der Waals surface area contributed by atoms with Crippen LogP contribution in [-0.2, 0) is 14.3 Å². The molecule has 0 heterocycles. The molecule has 0 aliphatic carbocycles. The first-order chi connectivity index (χ1) is 10.2. The summed E-state index contributed by atoms with van der Waals surface area (Å²) in [4.78, 5) is 37.7. The SMILES string of the molecule is CN(CC(C=O)CN(C)C(=O)OC(C)(C)C)C(=O)OC(C)(C)C. The molecule has 0 aliphatic rings. The van der Waals surface area contributed by atoms with Crippen LogP contribution in [0.3, 0.4) is 0 Å².